The molecule has 1 heterocycles. The van der Waals surface area contributed by atoms with Crippen LogP contribution in [0.1, 0.15) is 10.4 Å². The fraction of sp³-hybridized carbons (Fsp3) is 0. The highest BCUT2D eigenvalue weighted by Crippen LogP contribution is 2.27. The van der Waals surface area contributed by atoms with Gasteiger partial charge in [0.05, 0.1) is 11.2 Å². The second-order valence-electron chi connectivity index (χ2n) is 4.79. The quantitative estimate of drug-likeness (QED) is 0.760. The van der Waals surface area contributed by atoms with Crippen molar-refractivity contribution in [3.05, 3.63) is 69.5 Å². The molecule has 1 amide bonds. The van der Waals surface area contributed by atoms with Gasteiger partial charge in [0.25, 0.3) is 11.5 Å². The van der Waals surface area contributed by atoms with Gasteiger partial charge in [0.15, 0.2) is 0 Å². The first-order chi connectivity index (χ1) is 10.5. The van der Waals surface area contributed by atoms with Gasteiger partial charge in [-0.15, -0.1) is 0 Å². The van der Waals surface area contributed by atoms with Gasteiger partial charge in [-0.1, -0.05) is 29.8 Å². The number of hydrogen-bond acceptors (Lipinski definition) is 3. The van der Waals surface area contributed by atoms with E-state index < -0.39 is 11.5 Å². The topological polar surface area (TPSA) is 91.1 Å². The number of benzene rings is 2. The standard InChI is InChI=1S/C16H12ClN3O2/c17-9-6-7-11-12(8-9)20(10-4-2-1-3-5-10)16(22)13(14(11)18)15(19)21/h1-8H,18H2,(H2,19,21). The summed E-state index contributed by atoms with van der Waals surface area (Å²) < 4.78 is 1.39. The van der Waals surface area contributed by atoms with Crippen LogP contribution in [0.25, 0.3) is 16.6 Å². The molecule has 0 unspecified atom stereocenters. The lowest BCUT2D eigenvalue weighted by Crippen LogP contribution is -2.30. The maximum Gasteiger partial charge on any atom is 0.270 e. The van der Waals surface area contributed by atoms with Crippen molar-refractivity contribution in [2.75, 3.05) is 5.73 Å². The molecule has 0 aliphatic rings. The van der Waals surface area contributed by atoms with Crippen LogP contribution in [0.3, 0.4) is 0 Å². The molecule has 0 aliphatic heterocycles. The van der Waals surface area contributed by atoms with Crippen LogP contribution >= 0.6 is 11.6 Å². The Morgan fingerprint density at radius 2 is 1.77 bits per heavy atom. The van der Waals surface area contributed by atoms with Crippen LogP contribution in [-0.2, 0) is 0 Å². The number of aromatic nitrogens is 1. The number of anilines is 1. The smallest absolute Gasteiger partial charge is 0.270 e. The summed E-state index contributed by atoms with van der Waals surface area (Å²) in [4.78, 5) is 24.3. The number of pyridine rings is 1. The average molecular weight is 314 g/mol. The predicted molar refractivity (Wildman–Crippen MR) is 87.5 cm³/mol. The minimum absolute atomic E-state index is 0.0661. The van der Waals surface area contributed by atoms with Crippen LogP contribution in [-0.4, -0.2) is 10.5 Å². The van der Waals surface area contributed by atoms with Crippen molar-refractivity contribution in [1.82, 2.24) is 4.57 Å². The summed E-state index contributed by atoms with van der Waals surface area (Å²) in [5.41, 5.74) is 11.7. The molecule has 22 heavy (non-hydrogen) atoms. The Morgan fingerprint density at radius 1 is 1.09 bits per heavy atom. The van der Waals surface area contributed by atoms with Gasteiger partial charge in [-0.05, 0) is 30.3 Å². The Bertz CT molecular complexity index is 949. The number of fused-ring (bicyclic) bond motifs is 1. The molecule has 6 heteroatoms. The number of hydrogen-bond donors (Lipinski definition) is 2. The van der Waals surface area contributed by atoms with Crippen molar-refractivity contribution in [3.8, 4) is 5.69 Å². The van der Waals surface area contributed by atoms with E-state index in [0.29, 0.717) is 21.6 Å². The predicted octanol–water partition coefficient (Wildman–Crippen LogP) is 2.33. The highest BCUT2D eigenvalue weighted by atomic mass is 35.5. The lowest BCUT2D eigenvalue weighted by molar-refractivity contribution is 0.0999. The third kappa shape index (κ3) is 2.12. The van der Waals surface area contributed by atoms with E-state index in [0.717, 1.165) is 0 Å². The van der Waals surface area contributed by atoms with E-state index in [2.05, 4.69) is 0 Å². The molecule has 3 rings (SSSR count). The molecule has 0 aliphatic carbocycles. The molecule has 110 valence electrons. The number of primary amides is 1. The normalized spacial score (nSPS) is 10.8. The number of para-hydroxylation sites is 1. The van der Waals surface area contributed by atoms with E-state index in [1.54, 1.807) is 42.5 Å². The van der Waals surface area contributed by atoms with E-state index >= 15 is 0 Å². The summed E-state index contributed by atoms with van der Waals surface area (Å²) in [6.45, 7) is 0. The molecule has 0 saturated carbocycles. The Hall–Kier alpha value is -2.79. The minimum Gasteiger partial charge on any atom is -0.397 e. The van der Waals surface area contributed by atoms with Crippen LogP contribution in [0.4, 0.5) is 5.69 Å². The zero-order valence-corrected chi connectivity index (χ0v) is 12.2. The summed E-state index contributed by atoms with van der Waals surface area (Å²) >= 11 is 6.04. The van der Waals surface area contributed by atoms with Crippen LogP contribution in [0.15, 0.2) is 53.3 Å². The highest BCUT2D eigenvalue weighted by Gasteiger charge is 2.19. The van der Waals surface area contributed by atoms with Crippen LogP contribution in [0.2, 0.25) is 5.02 Å². The monoisotopic (exact) mass is 313 g/mol. The van der Waals surface area contributed by atoms with Crippen LogP contribution in [0, 0.1) is 0 Å². The van der Waals surface area contributed by atoms with Gasteiger partial charge in [-0.2, -0.15) is 0 Å². The van der Waals surface area contributed by atoms with Gasteiger partial charge >= 0.3 is 0 Å². The van der Waals surface area contributed by atoms with E-state index in [1.165, 1.54) is 4.57 Å². The summed E-state index contributed by atoms with van der Waals surface area (Å²) in [6.07, 6.45) is 0. The lowest BCUT2D eigenvalue weighted by atomic mass is 10.1. The third-order valence-corrected chi connectivity index (χ3v) is 3.67. The fourth-order valence-electron chi connectivity index (χ4n) is 2.46. The van der Waals surface area contributed by atoms with Crippen molar-refractivity contribution in [1.29, 1.82) is 0 Å². The van der Waals surface area contributed by atoms with E-state index in [4.69, 9.17) is 23.1 Å². The molecular formula is C16H12ClN3O2. The zero-order valence-electron chi connectivity index (χ0n) is 11.4. The van der Waals surface area contributed by atoms with Gasteiger partial charge in [0.1, 0.15) is 5.56 Å². The fourth-order valence-corrected chi connectivity index (χ4v) is 2.63. The van der Waals surface area contributed by atoms with Crippen molar-refractivity contribution in [3.63, 3.8) is 0 Å². The summed E-state index contributed by atoms with van der Waals surface area (Å²) in [5, 5.41) is 1.00. The van der Waals surface area contributed by atoms with Gasteiger partial charge in [0.2, 0.25) is 0 Å². The third-order valence-electron chi connectivity index (χ3n) is 3.44. The van der Waals surface area contributed by atoms with E-state index in [-0.39, 0.29) is 11.3 Å². The SMILES string of the molecule is NC(=O)c1c(N)c2ccc(Cl)cc2n(-c2ccccc2)c1=O. The van der Waals surface area contributed by atoms with E-state index in [1.807, 2.05) is 6.07 Å². The highest BCUT2D eigenvalue weighted by molar-refractivity contribution is 6.31. The number of nitrogen functional groups attached to an aromatic ring is 1. The second-order valence-corrected chi connectivity index (χ2v) is 5.23. The molecule has 0 bridgehead atoms. The number of halogens is 1. The average Bonchev–Trinajstić information content (AvgIpc) is 2.47. The lowest BCUT2D eigenvalue weighted by Gasteiger charge is -2.14. The molecule has 0 fully saturated rings. The molecule has 1 aromatic heterocycles. The Labute approximate surface area is 130 Å². The number of amides is 1. The number of carbonyl (C=O) groups is 1. The molecule has 4 N–H and O–H groups in total. The maximum absolute atomic E-state index is 12.7. The molecule has 0 atom stereocenters. The van der Waals surface area contributed by atoms with Gasteiger partial charge in [-0.3, -0.25) is 14.2 Å². The summed E-state index contributed by atoms with van der Waals surface area (Å²) in [5.74, 6) is -0.857. The number of rotatable bonds is 2. The molecule has 5 nitrogen and oxygen atoms in total. The van der Waals surface area contributed by atoms with Crippen molar-refractivity contribution < 1.29 is 4.79 Å². The van der Waals surface area contributed by atoms with Crippen molar-refractivity contribution in [2.24, 2.45) is 5.73 Å². The summed E-state index contributed by atoms with van der Waals surface area (Å²) in [7, 11) is 0. The molecule has 0 radical (unpaired) electrons. The first kappa shape index (κ1) is 14.2. The van der Waals surface area contributed by atoms with E-state index in [9.17, 15) is 9.59 Å². The maximum atomic E-state index is 12.7. The first-order valence-electron chi connectivity index (χ1n) is 6.49. The van der Waals surface area contributed by atoms with Crippen molar-refractivity contribution >= 4 is 34.1 Å². The molecular weight excluding hydrogens is 302 g/mol. The summed E-state index contributed by atoms with van der Waals surface area (Å²) in [6, 6.07) is 13.9. The number of carbonyl (C=O) groups excluding carboxylic acids is 1. The number of nitrogens with two attached hydrogens (primary N) is 2. The van der Waals surface area contributed by atoms with Crippen LogP contribution < -0.4 is 17.0 Å². The number of nitrogens with zero attached hydrogens (tertiary/aromatic N) is 1. The Kier molecular flexibility index (Phi) is 3.35. The molecule has 2 aromatic carbocycles. The van der Waals surface area contributed by atoms with Crippen molar-refractivity contribution in [2.45, 2.75) is 0 Å². The van der Waals surface area contributed by atoms with Crippen LogP contribution in [0.5, 0.6) is 0 Å². The first-order valence-corrected chi connectivity index (χ1v) is 6.87. The second kappa shape index (κ2) is 5.20. The molecule has 3 aromatic rings. The van der Waals surface area contributed by atoms with Gasteiger partial charge < -0.3 is 11.5 Å². The van der Waals surface area contributed by atoms with Gasteiger partial charge in [0, 0.05) is 16.1 Å². The minimum atomic E-state index is -0.857. The largest absolute Gasteiger partial charge is 0.397 e. The Balaban J connectivity index is 2.56. The van der Waals surface area contributed by atoms with Gasteiger partial charge in [-0.25, -0.2) is 0 Å². The zero-order chi connectivity index (χ0) is 15.9. The molecule has 0 saturated heterocycles. The molecule has 0 spiro atoms. The Morgan fingerprint density at radius 3 is 2.41 bits per heavy atom.